The first-order valence-electron chi connectivity index (χ1n) is 8.27. The summed E-state index contributed by atoms with van der Waals surface area (Å²) < 4.78 is 0. The van der Waals surface area contributed by atoms with Crippen LogP contribution in [0.5, 0.6) is 0 Å². The predicted octanol–water partition coefficient (Wildman–Crippen LogP) is 1.92. The molecule has 0 saturated heterocycles. The summed E-state index contributed by atoms with van der Waals surface area (Å²) in [6, 6.07) is 6.90. The number of benzene rings is 1. The number of H-pyrrole nitrogens is 1. The average molecular weight is 389 g/mol. The largest absolute Gasteiger partial charge is 0.382 e. The number of anilines is 2. The lowest BCUT2D eigenvalue weighted by atomic mass is 10.1. The first kappa shape index (κ1) is 20.5. The molecule has 9 heteroatoms. The lowest BCUT2D eigenvalue weighted by molar-refractivity contribution is -0.119. The topological polar surface area (TPSA) is 130 Å². The van der Waals surface area contributed by atoms with Gasteiger partial charge in [-0.05, 0) is 39.8 Å². The van der Waals surface area contributed by atoms with E-state index in [9.17, 15) is 14.4 Å². The number of nitrogens with one attached hydrogen (secondary N) is 3. The van der Waals surface area contributed by atoms with Crippen LogP contribution < -0.4 is 21.9 Å². The Kier molecular flexibility index (Phi) is 6.27. The number of nitrogens with two attached hydrogens (primary N) is 1. The number of nitrogen functional groups attached to an aromatic ring is 1. The van der Waals surface area contributed by atoms with Crippen LogP contribution in [0.3, 0.4) is 0 Å². The monoisotopic (exact) mass is 389 g/mol. The molecule has 2 rings (SSSR count). The maximum Gasteiger partial charge on any atom is 0.277 e. The molecule has 0 aliphatic carbocycles. The number of nitrogens with zero attached hydrogens (tertiary/aromatic N) is 1. The van der Waals surface area contributed by atoms with Gasteiger partial charge in [0.05, 0.1) is 5.75 Å². The fraction of sp³-hybridized carbons (Fsp3) is 0.333. The maximum absolute atomic E-state index is 12.3. The fourth-order valence-electron chi connectivity index (χ4n) is 2.14. The van der Waals surface area contributed by atoms with Gasteiger partial charge in [0, 0.05) is 11.1 Å². The second-order valence-electron chi connectivity index (χ2n) is 7.04. The van der Waals surface area contributed by atoms with Crippen LogP contribution in [-0.4, -0.2) is 33.1 Å². The van der Waals surface area contributed by atoms with Gasteiger partial charge < -0.3 is 16.4 Å². The Morgan fingerprint density at radius 3 is 2.41 bits per heavy atom. The van der Waals surface area contributed by atoms with Gasteiger partial charge in [-0.2, -0.15) is 0 Å². The van der Waals surface area contributed by atoms with Crippen LogP contribution in [0, 0.1) is 6.92 Å². The van der Waals surface area contributed by atoms with Crippen molar-refractivity contribution in [3.8, 4) is 0 Å². The van der Waals surface area contributed by atoms with Crippen molar-refractivity contribution in [3.05, 3.63) is 45.7 Å². The first-order valence-corrected chi connectivity index (χ1v) is 9.25. The summed E-state index contributed by atoms with van der Waals surface area (Å²) in [4.78, 5) is 42.9. The van der Waals surface area contributed by atoms with E-state index in [0.29, 0.717) is 5.56 Å². The van der Waals surface area contributed by atoms with Gasteiger partial charge in [0.15, 0.2) is 11.0 Å². The third kappa shape index (κ3) is 6.14. The third-order valence-electron chi connectivity index (χ3n) is 3.33. The zero-order valence-electron chi connectivity index (χ0n) is 15.7. The first-order chi connectivity index (χ1) is 12.5. The molecule has 1 aromatic heterocycles. The second-order valence-corrected chi connectivity index (χ2v) is 8.00. The van der Waals surface area contributed by atoms with E-state index in [1.54, 1.807) is 24.3 Å². The van der Waals surface area contributed by atoms with Crippen LogP contribution in [0.2, 0.25) is 0 Å². The van der Waals surface area contributed by atoms with E-state index in [1.165, 1.54) is 0 Å². The summed E-state index contributed by atoms with van der Waals surface area (Å²) >= 11 is 1.05. The summed E-state index contributed by atoms with van der Waals surface area (Å²) in [6.45, 7) is 7.53. The molecule has 2 aromatic rings. The fourth-order valence-corrected chi connectivity index (χ4v) is 2.80. The molecule has 0 saturated carbocycles. The van der Waals surface area contributed by atoms with Gasteiger partial charge in [-0.1, -0.05) is 29.5 Å². The Morgan fingerprint density at radius 1 is 1.22 bits per heavy atom. The van der Waals surface area contributed by atoms with Crippen LogP contribution in [0.25, 0.3) is 0 Å². The molecule has 144 valence electrons. The molecule has 0 radical (unpaired) electrons. The molecule has 0 unspecified atom stereocenters. The smallest absolute Gasteiger partial charge is 0.277 e. The lowest BCUT2D eigenvalue weighted by Crippen LogP contribution is -2.41. The molecule has 0 atom stereocenters. The highest BCUT2D eigenvalue weighted by Crippen LogP contribution is 2.17. The average Bonchev–Trinajstić information content (AvgIpc) is 2.55. The molecular formula is C18H23N5O3S. The van der Waals surface area contributed by atoms with Crippen LogP contribution in [0.1, 0.15) is 36.7 Å². The highest BCUT2D eigenvalue weighted by Gasteiger charge is 2.16. The van der Waals surface area contributed by atoms with Crippen molar-refractivity contribution in [1.82, 2.24) is 15.3 Å². The highest BCUT2D eigenvalue weighted by atomic mass is 32.2. The molecule has 1 aromatic carbocycles. The maximum atomic E-state index is 12.3. The van der Waals surface area contributed by atoms with E-state index >= 15 is 0 Å². The molecule has 0 spiro atoms. The van der Waals surface area contributed by atoms with Crippen LogP contribution >= 0.6 is 11.8 Å². The number of hydrogen-bond acceptors (Lipinski definition) is 6. The Hall–Kier alpha value is -2.81. The van der Waals surface area contributed by atoms with Crippen LogP contribution in [-0.2, 0) is 4.79 Å². The number of aromatic nitrogens is 2. The van der Waals surface area contributed by atoms with E-state index in [0.717, 1.165) is 17.3 Å². The molecule has 0 aliphatic heterocycles. The van der Waals surface area contributed by atoms with Gasteiger partial charge >= 0.3 is 0 Å². The summed E-state index contributed by atoms with van der Waals surface area (Å²) in [6.07, 6.45) is 0. The molecule has 0 aliphatic rings. The molecule has 2 amide bonds. The van der Waals surface area contributed by atoms with E-state index in [4.69, 9.17) is 5.73 Å². The minimum Gasteiger partial charge on any atom is -0.382 e. The Balaban J connectivity index is 2.08. The van der Waals surface area contributed by atoms with Crippen molar-refractivity contribution in [2.75, 3.05) is 16.8 Å². The predicted molar refractivity (Wildman–Crippen MR) is 107 cm³/mol. The zero-order chi connectivity index (χ0) is 20.2. The number of amides is 2. The number of thioether (sulfide) groups is 1. The van der Waals surface area contributed by atoms with Gasteiger partial charge in [0.2, 0.25) is 5.91 Å². The Labute approximate surface area is 161 Å². The standard InChI is InChI=1S/C18H23N5O3S/c1-10-5-7-11(8-6-10)15(25)20-13-14(19)21-17(22-16(13)26)27-9-12(24)23-18(2,3)4/h5-8H,9H2,1-4H3,(H,20,25)(H,23,24)(H3,19,21,22,26). The van der Waals surface area contributed by atoms with Crippen molar-refractivity contribution in [3.63, 3.8) is 0 Å². The van der Waals surface area contributed by atoms with Crippen molar-refractivity contribution in [2.45, 2.75) is 38.4 Å². The van der Waals surface area contributed by atoms with E-state index < -0.39 is 11.5 Å². The number of aryl methyl sites for hydroxylation is 1. The van der Waals surface area contributed by atoms with E-state index in [2.05, 4.69) is 20.6 Å². The number of rotatable bonds is 5. The number of aromatic amines is 1. The van der Waals surface area contributed by atoms with Crippen molar-refractivity contribution in [1.29, 1.82) is 0 Å². The van der Waals surface area contributed by atoms with Crippen LogP contribution in [0.15, 0.2) is 34.2 Å². The molecule has 0 bridgehead atoms. The summed E-state index contributed by atoms with van der Waals surface area (Å²) in [5.41, 5.74) is 6.19. The van der Waals surface area contributed by atoms with E-state index in [-0.39, 0.29) is 33.9 Å². The van der Waals surface area contributed by atoms with Gasteiger partial charge in [0.1, 0.15) is 5.69 Å². The molecule has 0 fully saturated rings. The lowest BCUT2D eigenvalue weighted by Gasteiger charge is -2.20. The summed E-state index contributed by atoms with van der Waals surface area (Å²) in [7, 11) is 0. The Morgan fingerprint density at radius 2 is 1.85 bits per heavy atom. The van der Waals surface area contributed by atoms with Crippen LogP contribution in [0.4, 0.5) is 11.5 Å². The summed E-state index contributed by atoms with van der Waals surface area (Å²) in [5, 5.41) is 5.49. The summed E-state index contributed by atoms with van der Waals surface area (Å²) in [5.74, 6) is -0.684. The van der Waals surface area contributed by atoms with Gasteiger partial charge in [-0.3, -0.25) is 19.4 Å². The van der Waals surface area contributed by atoms with Crippen molar-refractivity contribution < 1.29 is 9.59 Å². The number of carbonyl (C=O) groups excluding carboxylic acids is 2. The molecule has 5 N–H and O–H groups in total. The number of hydrogen-bond donors (Lipinski definition) is 4. The Bertz CT molecular complexity index is 901. The molecule has 27 heavy (non-hydrogen) atoms. The van der Waals surface area contributed by atoms with Crippen molar-refractivity contribution in [2.24, 2.45) is 0 Å². The van der Waals surface area contributed by atoms with Gasteiger partial charge in [-0.15, -0.1) is 0 Å². The molecular weight excluding hydrogens is 366 g/mol. The minimum absolute atomic E-state index is 0.0781. The second kappa shape index (κ2) is 8.26. The van der Waals surface area contributed by atoms with Crippen molar-refractivity contribution >= 4 is 35.1 Å². The minimum atomic E-state index is -0.582. The van der Waals surface area contributed by atoms with Gasteiger partial charge in [0.25, 0.3) is 11.5 Å². The number of carbonyl (C=O) groups is 2. The normalized spacial score (nSPS) is 11.1. The SMILES string of the molecule is Cc1ccc(C(=O)Nc2c(N)nc(SCC(=O)NC(C)(C)C)[nH]c2=O)cc1. The highest BCUT2D eigenvalue weighted by molar-refractivity contribution is 7.99. The van der Waals surface area contributed by atoms with E-state index in [1.807, 2.05) is 27.7 Å². The molecule has 1 heterocycles. The zero-order valence-corrected chi connectivity index (χ0v) is 16.5. The quantitative estimate of drug-likeness (QED) is 0.457. The molecule has 8 nitrogen and oxygen atoms in total. The van der Waals surface area contributed by atoms with Gasteiger partial charge in [-0.25, -0.2) is 4.98 Å². The third-order valence-corrected chi connectivity index (χ3v) is 4.21.